The lowest BCUT2D eigenvalue weighted by Crippen LogP contribution is -2.38. The SMILES string of the molecule is CN(c1cc(Br)cc(Br)c1NC(=O)OC(C)(C)C)C1CCC(OC(=O)CCCO[N+](=O)[O-])CC1. The van der Waals surface area contributed by atoms with E-state index in [0.717, 1.165) is 27.5 Å². The second kappa shape index (κ2) is 12.6. The van der Waals surface area contributed by atoms with Crippen LogP contribution in [0.1, 0.15) is 59.3 Å². The number of hydrogen-bond acceptors (Lipinski definition) is 8. The van der Waals surface area contributed by atoms with Crippen LogP contribution in [-0.4, -0.2) is 48.6 Å². The summed E-state index contributed by atoms with van der Waals surface area (Å²) in [6, 6.07) is 3.98. The molecule has 12 heteroatoms. The van der Waals surface area contributed by atoms with Crippen molar-refractivity contribution in [1.29, 1.82) is 0 Å². The third-order valence-corrected chi connectivity index (χ3v) is 6.33. The Kier molecular flexibility index (Phi) is 10.4. The van der Waals surface area contributed by atoms with Crippen LogP contribution in [0.5, 0.6) is 0 Å². The number of ether oxygens (including phenoxy) is 2. The number of hydrogen-bond donors (Lipinski definition) is 1. The first-order valence-electron chi connectivity index (χ1n) is 11.0. The molecule has 0 radical (unpaired) electrons. The minimum absolute atomic E-state index is 0.0828. The van der Waals surface area contributed by atoms with Crippen molar-refractivity contribution in [3.05, 3.63) is 31.2 Å². The Hall–Kier alpha value is -2.08. The van der Waals surface area contributed by atoms with Crippen molar-refractivity contribution < 1.29 is 29.0 Å². The van der Waals surface area contributed by atoms with Crippen LogP contribution in [-0.2, 0) is 19.1 Å². The number of nitrogens with zero attached hydrogens (tertiary/aromatic N) is 2. The second-order valence-corrected chi connectivity index (χ2v) is 10.9. The Bertz CT molecular complexity index is 884. The lowest BCUT2D eigenvalue weighted by molar-refractivity contribution is -0.757. The summed E-state index contributed by atoms with van der Waals surface area (Å²) in [4.78, 5) is 40.9. The zero-order chi connectivity index (χ0) is 25.5. The number of carbonyl (C=O) groups is 2. The number of halogens is 2. The van der Waals surface area contributed by atoms with Gasteiger partial charge >= 0.3 is 12.1 Å². The smallest absolute Gasteiger partial charge is 0.412 e. The van der Waals surface area contributed by atoms with Crippen LogP contribution >= 0.6 is 31.9 Å². The summed E-state index contributed by atoms with van der Waals surface area (Å²) in [6.45, 7) is 5.30. The molecule has 1 amide bonds. The van der Waals surface area contributed by atoms with Crippen LogP contribution in [0.3, 0.4) is 0 Å². The van der Waals surface area contributed by atoms with Crippen LogP contribution in [0, 0.1) is 10.1 Å². The first-order chi connectivity index (χ1) is 15.9. The molecule has 0 heterocycles. The maximum atomic E-state index is 12.4. The molecule has 1 aliphatic rings. The summed E-state index contributed by atoms with van der Waals surface area (Å²) in [7, 11) is 1.97. The summed E-state index contributed by atoms with van der Waals surface area (Å²) >= 11 is 7.06. The fourth-order valence-corrected chi connectivity index (χ4v) is 5.02. The van der Waals surface area contributed by atoms with Gasteiger partial charge in [0.25, 0.3) is 5.09 Å². The minimum Gasteiger partial charge on any atom is -0.462 e. The van der Waals surface area contributed by atoms with Gasteiger partial charge in [-0.15, -0.1) is 10.1 Å². The van der Waals surface area contributed by atoms with E-state index in [2.05, 4.69) is 46.9 Å². The van der Waals surface area contributed by atoms with Gasteiger partial charge in [-0.2, -0.15) is 0 Å². The topological polar surface area (TPSA) is 120 Å². The molecule has 1 aliphatic carbocycles. The van der Waals surface area contributed by atoms with E-state index in [-0.39, 0.29) is 37.6 Å². The largest absolute Gasteiger partial charge is 0.462 e. The van der Waals surface area contributed by atoms with Crippen molar-refractivity contribution in [2.45, 2.75) is 77.0 Å². The van der Waals surface area contributed by atoms with E-state index >= 15 is 0 Å². The molecule has 1 aromatic rings. The van der Waals surface area contributed by atoms with Gasteiger partial charge in [0.1, 0.15) is 11.7 Å². The van der Waals surface area contributed by atoms with E-state index < -0.39 is 16.8 Å². The molecule has 1 aromatic carbocycles. The predicted molar refractivity (Wildman–Crippen MR) is 134 cm³/mol. The summed E-state index contributed by atoms with van der Waals surface area (Å²) in [6.07, 6.45) is 2.62. The molecule has 0 bridgehead atoms. The van der Waals surface area contributed by atoms with Crippen molar-refractivity contribution in [2.75, 3.05) is 23.9 Å². The summed E-state index contributed by atoms with van der Waals surface area (Å²) in [5.41, 5.74) is 0.830. The lowest BCUT2D eigenvalue weighted by atomic mass is 9.91. The second-order valence-electron chi connectivity index (χ2n) is 9.10. The van der Waals surface area contributed by atoms with E-state index in [1.165, 1.54) is 0 Å². The Labute approximate surface area is 216 Å². The van der Waals surface area contributed by atoms with Gasteiger partial charge < -0.3 is 19.2 Å². The molecule has 1 N–H and O–H groups in total. The van der Waals surface area contributed by atoms with E-state index in [1.807, 2.05) is 40.0 Å². The normalized spacial score (nSPS) is 18.1. The van der Waals surface area contributed by atoms with Crippen LogP contribution in [0.2, 0.25) is 0 Å². The quantitative estimate of drug-likeness (QED) is 0.161. The van der Waals surface area contributed by atoms with Gasteiger partial charge in [0, 0.05) is 28.5 Å². The van der Waals surface area contributed by atoms with Gasteiger partial charge in [0.15, 0.2) is 0 Å². The van der Waals surface area contributed by atoms with Crippen molar-refractivity contribution in [3.8, 4) is 0 Å². The van der Waals surface area contributed by atoms with Crippen LogP contribution in [0.4, 0.5) is 16.2 Å². The summed E-state index contributed by atoms with van der Waals surface area (Å²) < 4.78 is 12.5. The molecule has 0 saturated heterocycles. The van der Waals surface area contributed by atoms with Crippen molar-refractivity contribution in [1.82, 2.24) is 0 Å². The van der Waals surface area contributed by atoms with Gasteiger partial charge in [-0.25, -0.2) is 4.79 Å². The van der Waals surface area contributed by atoms with Crippen LogP contribution in [0.15, 0.2) is 21.1 Å². The number of anilines is 2. The zero-order valence-electron chi connectivity index (χ0n) is 19.8. The van der Waals surface area contributed by atoms with Crippen LogP contribution < -0.4 is 10.2 Å². The lowest BCUT2D eigenvalue weighted by Gasteiger charge is -2.37. The van der Waals surface area contributed by atoms with Gasteiger partial charge in [0.2, 0.25) is 0 Å². The molecule has 2 rings (SSSR count). The number of rotatable bonds is 9. The number of nitrogens with one attached hydrogen (secondary N) is 1. The molecule has 1 saturated carbocycles. The molecule has 1 fully saturated rings. The predicted octanol–water partition coefficient (Wildman–Crippen LogP) is 5.84. The zero-order valence-corrected chi connectivity index (χ0v) is 22.9. The number of esters is 1. The maximum Gasteiger partial charge on any atom is 0.412 e. The average Bonchev–Trinajstić information content (AvgIpc) is 2.71. The molecule has 0 aromatic heterocycles. The average molecular weight is 609 g/mol. The first kappa shape index (κ1) is 28.2. The number of benzene rings is 1. The highest BCUT2D eigenvalue weighted by Gasteiger charge is 2.28. The summed E-state index contributed by atoms with van der Waals surface area (Å²) in [5, 5.41) is 12.1. The minimum atomic E-state index is -0.874. The highest BCUT2D eigenvalue weighted by Crippen LogP contribution is 2.39. The summed E-state index contributed by atoms with van der Waals surface area (Å²) in [5.74, 6) is -0.372. The van der Waals surface area contributed by atoms with Crippen molar-refractivity contribution in [2.24, 2.45) is 0 Å². The highest BCUT2D eigenvalue weighted by atomic mass is 79.9. The standard InChI is InChI=1S/C22H31Br2N3O7/c1-22(2,3)34-21(29)25-20-17(24)12-14(23)13-18(20)26(4)15-7-9-16(10-8-15)33-19(28)6-5-11-32-27(30)31/h12-13,15-16H,5-11H2,1-4H3,(H,25,29). The van der Waals surface area contributed by atoms with Crippen molar-refractivity contribution in [3.63, 3.8) is 0 Å². The third kappa shape index (κ3) is 9.28. The molecule has 0 aliphatic heterocycles. The fourth-order valence-electron chi connectivity index (χ4n) is 3.72. The number of amides is 1. The molecule has 0 atom stereocenters. The Morgan fingerprint density at radius 2 is 1.85 bits per heavy atom. The van der Waals surface area contributed by atoms with E-state index in [1.54, 1.807) is 0 Å². The third-order valence-electron chi connectivity index (χ3n) is 5.25. The van der Waals surface area contributed by atoms with Crippen molar-refractivity contribution >= 4 is 55.3 Å². The Balaban J connectivity index is 1.96. The van der Waals surface area contributed by atoms with Gasteiger partial charge in [0.05, 0.1) is 18.0 Å². The molecule has 0 spiro atoms. The molecule has 10 nitrogen and oxygen atoms in total. The Morgan fingerprint density at radius 3 is 2.44 bits per heavy atom. The molecule has 34 heavy (non-hydrogen) atoms. The molecular formula is C22H31Br2N3O7. The number of carbonyl (C=O) groups excluding carboxylic acids is 2. The van der Waals surface area contributed by atoms with Gasteiger partial charge in [-0.05, 0) is 80.9 Å². The highest BCUT2D eigenvalue weighted by molar-refractivity contribution is 9.11. The molecule has 190 valence electrons. The van der Waals surface area contributed by atoms with Crippen LogP contribution in [0.25, 0.3) is 0 Å². The molecule has 0 unspecified atom stereocenters. The van der Waals surface area contributed by atoms with Gasteiger partial charge in [-0.3, -0.25) is 10.1 Å². The monoisotopic (exact) mass is 607 g/mol. The molecular weight excluding hydrogens is 578 g/mol. The fraction of sp³-hybridized carbons (Fsp3) is 0.636. The van der Waals surface area contributed by atoms with Gasteiger partial charge in [-0.1, -0.05) is 15.9 Å². The maximum absolute atomic E-state index is 12.4. The van der Waals surface area contributed by atoms with E-state index in [4.69, 9.17) is 9.47 Å². The van der Waals surface area contributed by atoms with E-state index in [9.17, 15) is 19.7 Å². The van der Waals surface area contributed by atoms with E-state index in [0.29, 0.717) is 18.5 Å². The Morgan fingerprint density at radius 1 is 1.21 bits per heavy atom. The first-order valence-corrected chi connectivity index (χ1v) is 12.6.